The molecule has 0 saturated heterocycles. The van der Waals surface area contributed by atoms with Crippen LogP contribution in [0.3, 0.4) is 0 Å². The lowest BCUT2D eigenvalue weighted by Gasteiger charge is -2.23. The molecule has 0 aliphatic carbocycles. The lowest BCUT2D eigenvalue weighted by atomic mass is 10.1. The number of thiocarbonyl (C=S) groups is 1. The average Bonchev–Trinajstić information content (AvgIpc) is 2.13. The average molecular weight is 238 g/mol. The van der Waals surface area contributed by atoms with Crippen LogP contribution in [0.2, 0.25) is 0 Å². The van der Waals surface area contributed by atoms with E-state index >= 15 is 0 Å². The van der Waals surface area contributed by atoms with Gasteiger partial charge in [0.1, 0.15) is 0 Å². The molecule has 0 aromatic rings. The summed E-state index contributed by atoms with van der Waals surface area (Å²) in [4.78, 5) is 0. The molecule has 16 heavy (non-hydrogen) atoms. The zero-order chi connectivity index (χ0) is 12.6. The summed E-state index contributed by atoms with van der Waals surface area (Å²) in [6.45, 7) is 14.4. The highest BCUT2D eigenvalue weighted by atomic mass is 32.1. The number of hydrogen-bond donors (Lipinski definition) is 2. The van der Waals surface area contributed by atoms with E-state index in [-0.39, 0.29) is 5.54 Å². The van der Waals surface area contributed by atoms with Gasteiger partial charge in [-0.05, 0) is 45.0 Å². The molecule has 0 heterocycles. The van der Waals surface area contributed by atoms with Crippen molar-refractivity contribution in [2.75, 3.05) is 6.54 Å². The fourth-order valence-electron chi connectivity index (χ4n) is 1.11. The van der Waals surface area contributed by atoms with Crippen LogP contribution in [0.5, 0.6) is 0 Å². The van der Waals surface area contributed by atoms with Gasteiger partial charge in [0, 0.05) is 12.1 Å². The third-order valence-corrected chi connectivity index (χ3v) is 2.03. The minimum Gasteiger partial charge on any atom is -0.362 e. The van der Waals surface area contributed by atoms with Gasteiger partial charge in [-0.15, -0.1) is 0 Å². The Morgan fingerprint density at radius 1 is 1.31 bits per heavy atom. The lowest BCUT2D eigenvalue weighted by molar-refractivity contribution is 0.507. The maximum atomic E-state index is 5.17. The lowest BCUT2D eigenvalue weighted by Crippen LogP contribution is -2.46. The Bertz CT molecular complexity index is 285. The van der Waals surface area contributed by atoms with E-state index in [1.165, 1.54) is 0 Å². The topological polar surface area (TPSA) is 24.1 Å². The van der Waals surface area contributed by atoms with Crippen LogP contribution in [0.4, 0.5) is 0 Å². The van der Waals surface area contributed by atoms with E-state index < -0.39 is 0 Å². The summed E-state index contributed by atoms with van der Waals surface area (Å²) in [5.74, 6) is 0. The van der Waals surface area contributed by atoms with Crippen molar-refractivity contribution in [2.45, 2.75) is 32.7 Å². The summed E-state index contributed by atoms with van der Waals surface area (Å²) in [6, 6.07) is 0. The first kappa shape index (κ1) is 14.9. The van der Waals surface area contributed by atoms with E-state index in [9.17, 15) is 0 Å². The monoisotopic (exact) mass is 238 g/mol. The summed E-state index contributed by atoms with van der Waals surface area (Å²) >= 11 is 5.17. The Hall–Kier alpha value is -1.09. The Balaban J connectivity index is 3.90. The summed E-state index contributed by atoms with van der Waals surface area (Å²) in [5, 5.41) is 7.05. The zero-order valence-corrected chi connectivity index (χ0v) is 11.3. The molecule has 0 spiro atoms. The third kappa shape index (κ3) is 8.24. The van der Waals surface area contributed by atoms with E-state index in [0.717, 1.165) is 18.5 Å². The molecule has 0 fully saturated rings. The summed E-state index contributed by atoms with van der Waals surface area (Å²) in [6.07, 6.45) is 6.45. The second-order valence-corrected chi connectivity index (χ2v) is 4.97. The molecule has 0 radical (unpaired) electrons. The normalized spacial score (nSPS) is 11.8. The van der Waals surface area contributed by atoms with Gasteiger partial charge in [-0.25, -0.2) is 0 Å². The van der Waals surface area contributed by atoms with E-state index in [2.05, 4.69) is 44.6 Å². The molecule has 0 bridgehead atoms. The van der Waals surface area contributed by atoms with Gasteiger partial charge in [-0.1, -0.05) is 31.4 Å². The predicted molar refractivity (Wildman–Crippen MR) is 76.6 cm³/mol. The van der Waals surface area contributed by atoms with E-state index in [1.54, 1.807) is 6.08 Å². The van der Waals surface area contributed by atoms with Gasteiger partial charge in [0.25, 0.3) is 0 Å². The Morgan fingerprint density at radius 3 is 2.38 bits per heavy atom. The first-order valence-electron chi connectivity index (χ1n) is 5.39. The molecule has 2 nitrogen and oxygen atoms in total. The quantitative estimate of drug-likeness (QED) is 0.569. The van der Waals surface area contributed by atoms with Crippen LogP contribution in [0.15, 0.2) is 37.0 Å². The first-order chi connectivity index (χ1) is 7.39. The molecule has 90 valence electrons. The fourth-order valence-corrected chi connectivity index (χ4v) is 1.52. The summed E-state index contributed by atoms with van der Waals surface area (Å²) < 4.78 is 0. The van der Waals surface area contributed by atoms with Gasteiger partial charge in [-0.3, -0.25) is 0 Å². The SMILES string of the molecule is C=C/C=C(\C=C)CCNC(=S)NC(C)(C)C. The van der Waals surface area contributed by atoms with Crippen molar-refractivity contribution in [1.29, 1.82) is 0 Å². The number of nitrogens with one attached hydrogen (secondary N) is 2. The fraction of sp³-hybridized carbons (Fsp3) is 0.462. The molecule has 0 amide bonds. The molecule has 0 aliphatic heterocycles. The van der Waals surface area contributed by atoms with Crippen LogP contribution >= 0.6 is 12.2 Å². The highest BCUT2D eigenvalue weighted by Gasteiger charge is 2.10. The van der Waals surface area contributed by atoms with Crippen molar-refractivity contribution in [1.82, 2.24) is 10.6 Å². The smallest absolute Gasteiger partial charge is 0.166 e. The number of allylic oxidation sites excluding steroid dienone is 3. The van der Waals surface area contributed by atoms with Crippen molar-refractivity contribution in [3.63, 3.8) is 0 Å². The molecule has 0 aromatic heterocycles. The number of rotatable bonds is 5. The van der Waals surface area contributed by atoms with Crippen LogP contribution in [0.1, 0.15) is 27.2 Å². The van der Waals surface area contributed by atoms with Gasteiger partial charge in [0.15, 0.2) is 5.11 Å². The molecule has 0 atom stereocenters. The minimum atomic E-state index is 0.00229. The molecule has 2 N–H and O–H groups in total. The van der Waals surface area contributed by atoms with Crippen molar-refractivity contribution in [3.8, 4) is 0 Å². The molecule has 0 saturated carbocycles. The Morgan fingerprint density at radius 2 is 1.94 bits per heavy atom. The van der Waals surface area contributed by atoms with Gasteiger partial charge < -0.3 is 10.6 Å². The van der Waals surface area contributed by atoms with Crippen LogP contribution in [-0.2, 0) is 0 Å². The highest BCUT2D eigenvalue weighted by Crippen LogP contribution is 2.01. The molecule has 0 unspecified atom stereocenters. The standard InChI is InChI=1S/C13H22N2S/c1-6-8-11(7-2)9-10-14-12(16)15-13(3,4)5/h6-8H,1-2,9-10H2,3-5H3,(H2,14,15,16)/b11-8+. The first-order valence-corrected chi connectivity index (χ1v) is 5.80. The molecular weight excluding hydrogens is 216 g/mol. The highest BCUT2D eigenvalue weighted by molar-refractivity contribution is 7.80. The summed E-state index contributed by atoms with van der Waals surface area (Å²) in [7, 11) is 0. The van der Waals surface area contributed by atoms with Crippen LogP contribution in [-0.4, -0.2) is 17.2 Å². The van der Waals surface area contributed by atoms with Crippen molar-refractivity contribution in [3.05, 3.63) is 37.0 Å². The predicted octanol–water partition coefficient (Wildman–Crippen LogP) is 2.94. The third-order valence-electron chi connectivity index (χ3n) is 1.78. The van der Waals surface area contributed by atoms with Gasteiger partial charge in [0.05, 0.1) is 0 Å². The second-order valence-electron chi connectivity index (χ2n) is 4.56. The van der Waals surface area contributed by atoms with Crippen LogP contribution in [0, 0.1) is 0 Å². The number of hydrogen-bond acceptors (Lipinski definition) is 1. The van der Waals surface area contributed by atoms with Gasteiger partial charge in [0.2, 0.25) is 0 Å². The van der Waals surface area contributed by atoms with Crippen molar-refractivity contribution < 1.29 is 0 Å². The second kappa shape index (κ2) is 7.23. The van der Waals surface area contributed by atoms with Crippen LogP contribution in [0.25, 0.3) is 0 Å². The van der Waals surface area contributed by atoms with E-state index in [1.807, 2.05) is 12.2 Å². The van der Waals surface area contributed by atoms with Gasteiger partial charge in [-0.2, -0.15) is 0 Å². The summed E-state index contributed by atoms with van der Waals surface area (Å²) in [5.41, 5.74) is 1.16. The van der Waals surface area contributed by atoms with Crippen molar-refractivity contribution >= 4 is 17.3 Å². The molecular formula is C13H22N2S. The zero-order valence-electron chi connectivity index (χ0n) is 10.5. The molecule has 0 aromatic carbocycles. The van der Waals surface area contributed by atoms with Gasteiger partial charge >= 0.3 is 0 Å². The maximum Gasteiger partial charge on any atom is 0.166 e. The Labute approximate surface area is 105 Å². The van der Waals surface area contributed by atoms with Crippen LogP contribution < -0.4 is 10.6 Å². The molecule has 0 rings (SSSR count). The molecule has 3 heteroatoms. The minimum absolute atomic E-state index is 0.00229. The Kier molecular flexibility index (Phi) is 6.74. The van der Waals surface area contributed by atoms with E-state index in [0.29, 0.717) is 5.11 Å². The largest absolute Gasteiger partial charge is 0.362 e. The maximum absolute atomic E-state index is 5.17. The van der Waals surface area contributed by atoms with E-state index in [4.69, 9.17) is 12.2 Å². The molecule has 0 aliphatic rings. The van der Waals surface area contributed by atoms with Crippen molar-refractivity contribution in [2.24, 2.45) is 0 Å².